The highest BCUT2D eigenvalue weighted by atomic mass is 32.2. The van der Waals surface area contributed by atoms with Gasteiger partial charge in [0.2, 0.25) is 5.91 Å². The van der Waals surface area contributed by atoms with E-state index in [1.807, 2.05) is 0 Å². The van der Waals surface area contributed by atoms with Crippen LogP contribution in [0.4, 0.5) is 8.78 Å². The molecule has 0 fully saturated rings. The van der Waals surface area contributed by atoms with Gasteiger partial charge in [0.1, 0.15) is 18.3 Å². The molecule has 0 aliphatic rings. The van der Waals surface area contributed by atoms with E-state index in [2.05, 4.69) is 20.4 Å². The number of benzene rings is 1. The highest BCUT2D eigenvalue weighted by molar-refractivity contribution is 7.90. The summed E-state index contributed by atoms with van der Waals surface area (Å²) in [5, 5.41) is 13.1. The first kappa shape index (κ1) is 23.7. The number of hydrogen-bond donors (Lipinski definition) is 2. The van der Waals surface area contributed by atoms with Crippen molar-refractivity contribution in [2.45, 2.75) is 18.4 Å². The maximum Gasteiger partial charge on any atom is 0.387 e. The van der Waals surface area contributed by atoms with Crippen LogP contribution in [0.5, 0.6) is 5.75 Å². The van der Waals surface area contributed by atoms with Gasteiger partial charge in [-0.3, -0.25) is 14.6 Å². The molecule has 0 saturated carbocycles. The van der Waals surface area contributed by atoms with Crippen LogP contribution in [0, 0.1) is 11.3 Å². The summed E-state index contributed by atoms with van der Waals surface area (Å²) in [6.07, 6.45) is 2.66. The molecule has 0 radical (unpaired) electrons. The maximum atomic E-state index is 12.7. The molecule has 0 spiro atoms. The summed E-state index contributed by atoms with van der Waals surface area (Å²) >= 11 is 0. The molecule has 0 aliphatic heterocycles. The second kappa shape index (κ2) is 11.0. The number of carbonyl (C=O) groups excluding carboxylic acids is 2. The lowest BCUT2D eigenvalue weighted by atomic mass is 10.2. The number of aromatic nitrogens is 1. The Morgan fingerprint density at radius 3 is 2.58 bits per heavy atom. The largest absolute Gasteiger partial charge is 0.435 e. The predicted octanol–water partition coefficient (Wildman–Crippen LogP) is 1.04. The molecular weight excluding hydrogens is 434 g/mol. The number of ether oxygens (including phenoxy) is 1. The van der Waals surface area contributed by atoms with Gasteiger partial charge in [-0.25, -0.2) is 8.42 Å². The van der Waals surface area contributed by atoms with E-state index in [4.69, 9.17) is 5.26 Å². The Kier molecular flexibility index (Phi) is 8.39. The maximum absolute atomic E-state index is 12.7. The van der Waals surface area contributed by atoms with E-state index in [1.165, 1.54) is 48.8 Å². The van der Waals surface area contributed by atoms with Crippen LogP contribution in [-0.4, -0.2) is 50.2 Å². The lowest BCUT2D eigenvalue weighted by Gasteiger charge is -2.18. The molecule has 1 heterocycles. The van der Waals surface area contributed by atoms with Crippen LogP contribution >= 0.6 is 0 Å². The number of hydrogen-bond acceptors (Lipinski definition) is 7. The van der Waals surface area contributed by atoms with Crippen LogP contribution in [0.1, 0.15) is 15.9 Å². The van der Waals surface area contributed by atoms with Gasteiger partial charge < -0.3 is 15.4 Å². The number of halogens is 2. The van der Waals surface area contributed by atoms with Gasteiger partial charge >= 0.3 is 6.61 Å². The van der Waals surface area contributed by atoms with E-state index in [-0.39, 0.29) is 16.9 Å². The predicted molar refractivity (Wildman–Crippen MR) is 105 cm³/mol. The van der Waals surface area contributed by atoms with Gasteiger partial charge in [-0.05, 0) is 18.2 Å². The molecule has 12 heteroatoms. The molecule has 0 saturated heterocycles. The number of pyridine rings is 1. The standard InChI is InChI=1S/C19H18F2N4O5S/c20-19(21)30-16-6-2-1-4-14(16)11-31(28,29)12-15(18(27)24-9-7-22)25-17(26)13-5-3-8-23-10-13/h1-6,8,10,15,19H,9,11-12H2,(H,24,27)(H,25,26)/t15-/m1/s1. The van der Waals surface area contributed by atoms with Crippen LogP contribution in [0.3, 0.4) is 0 Å². The van der Waals surface area contributed by atoms with Crippen molar-refractivity contribution in [3.05, 3.63) is 59.9 Å². The van der Waals surface area contributed by atoms with Gasteiger partial charge in [0, 0.05) is 18.0 Å². The summed E-state index contributed by atoms with van der Waals surface area (Å²) in [4.78, 5) is 28.5. The molecule has 31 heavy (non-hydrogen) atoms. The molecule has 1 aromatic heterocycles. The lowest BCUT2D eigenvalue weighted by Crippen LogP contribution is -2.50. The van der Waals surface area contributed by atoms with Gasteiger partial charge in [-0.1, -0.05) is 18.2 Å². The van der Waals surface area contributed by atoms with Crippen molar-refractivity contribution in [3.63, 3.8) is 0 Å². The minimum atomic E-state index is -4.09. The highest BCUT2D eigenvalue weighted by Gasteiger charge is 2.28. The molecule has 0 aliphatic carbocycles. The van der Waals surface area contributed by atoms with Crippen molar-refractivity contribution in [2.24, 2.45) is 0 Å². The summed E-state index contributed by atoms with van der Waals surface area (Å²) in [5.41, 5.74) is 0.0613. The second-order valence-electron chi connectivity index (χ2n) is 6.18. The molecule has 2 N–H and O–H groups in total. The number of sulfone groups is 1. The van der Waals surface area contributed by atoms with Gasteiger partial charge in [-0.15, -0.1) is 0 Å². The van der Waals surface area contributed by atoms with Gasteiger partial charge in [-0.2, -0.15) is 14.0 Å². The molecular formula is C19H18F2N4O5S. The Labute approximate surface area is 177 Å². The lowest BCUT2D eigenvalue weighted by molar-refractivity contribution is -0.122. The fourth-order valence-corrected chi connectivity index (χ4v) is 4.13. The number of nitrogens with zero attached hydrogens (tertiary/aromatic N) is 2. The molecule has 2 amide bonds. The second-order valence-corrected chi connectivity index (χ2v) is 8.29. The highest BCUT2D eigenvalue weighted by Crippen LogP contribution is 2.23. The van der Waals surface area contributed by atoms with Crippen LogP contribution in [0.2, 0.25) is 0 Å². The number of alkyl halides is 2. The van der Waals surface area contributed by atoms with Crippen molar-refractivity contribution in [1.82, 2.24) is 15.6 Å². The number of nitriles is 1. The molecule has 0 unspecified atom stereocenters. The Morgan fingerprint density at radius 2 is 1.94 bits per heavy atom. The zero-order valence-electron chi connectivity index (χ0n) is 16.0. The van der Waals surface area contributed by atoms with Crippen molar-refractivity contribution in [1.29, 1.82) is 5.26 Å². The molecule has 164 valence electrons. The van der Waals surface area contributed by atoms with Crippen LogP contribution in [-0.2, 0) is 20.4 Å². The van der Waals surface area contributed by atoms with Crippen molar-refractivity contribution >= 4 is 21.7 Å². The fourth-order valence-electron chi connectivity index (χ4n) is 2.56. The molecule has 2 aromatic rings. The summed E-state index contributed by atoms with van der Waals surface area (Å²) in [5.74, 6) is -3.49. The SMILES string of the molecule is N#CCNC(=O)[C@@H](CS(=O)(=O)Cc1ccccc1OC(F)F)NC(=O)c1cccnc1. The molecule has 0 bridgehead atoms. The van der Waals surface area contributed by atoms with E-state index < -0.39 is 52.4 Å². The van der Waals surface area contributed by atoms with Crippen LogP contribution in [0.15, 0.2) is 48.8 Å². The minimum Gasteiger partial charge on any atom is -0.435 e. The molecule has 1 atom stereocenters. The van der Waals surface area contributed by atoms with Crippen LogP contribution < -0.4 is 15.4 Å². The average molecular weight is 452 g/mol. The Morgan fingerprint density at radius 1 is 1.19 bits per heavy atom. The van der Waals surface area contributed by atoms with Gasteiger partial charge in [0.05, 0.1) is 23.1 Å². The number of amides is 2. The van der Waals surface area contributed by atoms with Gasteiger partial charge in [0.15, 0.2) is 9.84 Å². The van der Waals surface area contributed by atoms with Crippen molar-refractivity contribution in [2.75, 3.05) is 12.3 Å². The minimum absolute atomic E-state index is 0.0300. The number of carbonyl (C=O) groups is 2. The van der Waals surface area contributed by atoms with E-state index in [0.29, 0.717) is 0 Å². The summed E-state index contributed by atoms with van der Waals surface area (Å²) in [6, 6.07) is 8.38. The van der Waals surface area contributed by atoms with E-state index in [9.17, 15) is 26.8 Å². The number of rotatable bonds is 10. The number of para-hydroxylation sites is 1. The van der Waals surface area contributed by atoms with E-state index >= 15 is 0 Å². The zero-order chi connectivity index (χ0) is 22.9. The van der Waals surface area contributed by atoms with Crippen molar-refractivity contribution in [3.8, 4) is 11.8 Å². The zero-order valence-corrected chi connectivity index (χ0v) is 16.8. The average Bonchev–Trinajstić information content (AvgIpc) is 2.72. The Bertz CT molecular complexity index is 1060. The first-order valence-corrected chi connectivity index (χ1v) is 10.6. The Hall–Kier alpha value is -3.59. The third-order valence-corrected chi connectivity index (χ3v) is 5.46. The van der Waals surface area contributed by atoms with E-state index in [0.717, 1.165) is 0 Å². The quantitative estimate of drug-likeness (QED) is 0.514. The smallest absolute Gasteiger partial charge is 0.387 e. The number of nitrogens with one attached hydrogen (secondary N) is 2. The van der Waals surface area contributed by atoms with E-state index in [1.54, 1.807) is 6.07 Å². The summed E-state index contributed by atoms with van der Waals surface area (Å²) < 4.78 is 54.9. The van der Waals surface area contributed by atoms with Crippen molar-refractivity contribution < 1.29 is 31.5 Å². The molecule has 2 rings (SSSR count). The Balaban J connectivity index is 2.21. The normalized spacial score (nSPS) is 11.9. The first-order valence-electron chi connectivity index (χ1n) is 8.80. The van der Waals surface area contributed by atoms with Gasteiger partial charge in [0.25, 0.3) is 5.91 Å². The third kappa shape index (κ3) is 7.63. The molecule has 1 aromatic carbocycles. The first-order chi connectivity index (χ1) is 14.7. The van der Waals surface area contributed by atoms with Crippen LogP contribution in [0.25, 0.3) is 0 Å². The third-order valence-electron chi connectivity index (χ3n) is 3.87. The summed E-state index contributed by atoms with van der Waals surface area (Å²) in [6.45, 7) is -3.55. The monoisotopic (exact) mass is 452 g/mol. The fraction of sp³-hybridized carbons (Fsp3) is 0.263. The topological polar surface area (TPSA) is 138 Å². The summed E-state index contributed by atoms with van der Waals surface area (Å²) in [7, 11) is -4.09. The molecule has 9 nitrogen and oxygen atoms in total.